The molecule has 3 aromatic rings. The minimum Gasteiger partial charge on any atom is -0.350 e. The molecule has 1 aromatic carbocycles. The Morgan fingerprint density at radius 2 is 1.91 bits per heavy atom. The monoisotopic (exact) mass is 437 g/mol. The second-order valence-corrected chi connectivity index (χ2v) is 8.53. The van der Waals surface area contributed by atoms with Crippen molar-refractivity contribution in [1.29, 1.82) is 0 Å². The van der Waals surface area contributed by atoms with Crippen molar-refractivity contribution >= 4 is 23.4 Å². The lowest BCUT2D eigenvalue weighted by Gasteiger charge is -2.36. The van der Waals surface area contributed by atoms with E-state index < -0.39 is 0 Å². The number of rotatable bonds is 6. The van der Waals surface area contributed by atoms with Crippen LogP contribution in [0.2, 0.25) is 0 Å². The van der Waals surface area contributed by atoms with Crippen molar-refractivity contribution < 1.29 is 9.18 Å². The molecule has 0 saturated carbocycles. The van der Waals surface area contributed by atoms with E-state index in [2.05, 4.69) is 25.7 Å². The van der Waals surface area contributed by atoms with Gasteiger partial charge in [-0.15, -0.1) is 0 Å². The van der Waals surface area contributed by atoms with Gasteiger partial charge in [-0.2, -0.15) is 10.1 Å². The Kier molecular flexibility index (Phi) is 5.82. The molecule has 2 aromatic heterocycles. The summed E-state index contributed by atoms with van der Waals surface area (Å²) in [5.41, 5.74) is 3.31. The Morgan fingerprint density at radius 3 is 2.59 bits per heavy atom. The second kappa shape index (κ2) is 8.57. The van der Waals surface area contributed by atoms with E-state index in [4.69, 9.17) is 0 Å². The molecule has 32 heavy (non-hydrogen) atoms. The van der Waals surface area contributed by atoms with Gasteiger partial charge in [0.2, 0.25) is 11.9 Å². The summed E-state index contributed by atoms with van der Waals surface area (Å²) < 4.78 is 15.0. The third-order valence-corrected chi connectivity index (χ3v) is 5.83. The third-order valence-electron chi connectivity index (χ3n) is 5.83. The van der Waals surface area contributed by atoms with Gasteiger partial charge in [0.05, 0.1) is 17.9 Å². The van der Waals surface area contributed by atoms with Gasteiger partial charge in [-0.25, -0.2) is 9.37 Å². The summed E-state index contributed by atoms with van der Waals surface area (Å²) in [5, 5.41) is 10.7. The van der Waals surface area contributed by atoms with Gasteiger partial charge in [-0.1, -0.05) is 26.0 Å². The molecule has 8 nitrogen and oxygen atoms in total. The molecule has 0 fully saturated rings. The molecule has 0 unspecified atom stereocenters. The summed E-state index contributed by atoms with van der Waals surface area (Å²) in [5.74, 6) is 1.06. The number of nitrogens with zero attached hydrogens (tertiary/aromatic N) is 5. The SMILES string of the molecule is Cc1nc(NCc2cnn([C@H](C)c3ccc(F)cc3)c2)nc2c1NC(=O)[C@H](C(C)C)N2C. The van der Waals surface area contributed by atoms with Crippen LogP contribution in [0.4, 0.5) is 21.8 Å². The number of likely N-dealkylation sites (N-methyl/N-ethyl adjacent to an activating group) is 1. The highest BCUT2D eigenvalue weighted by molar-refractivity contribution is 6.03. The molecule has 0 spiro atoms. The maximum atomic E-state index is 13.2. The van der Waals surface area contributed by atoms with Crippen LogP contribution in [0.3, 0.4) is 0 Å². The van der Waals surface area contributed by atoms with Gasteiger partial charge in [0.25, 0.3) is 0 Å². The summed E-state index contributed by atoms with van der Waals surface area (Å²) in [6.45, 7) is 8.41. The van der Waals surface area contributed by atoms with Gasteiger partial charge >= 0.3 is 0 Å². The Morgan fingerprint density at radius 1 is 1.19 bits per heavy atom. The molecule has 2 N–H and O–H groups in total. The van der Waals surface area contributed by atoms with Crippen LogP contribution in [-0.2, 0) is 11.3 Å². The highest BCUT2D eigenvalue weighted by Crippen LogP contribution is 2.34. The number of carbonyl (C=O) groups is 1. The fraction of sp³-hybridized carbons (Fsp3) is 0.391. The van der Waals surface area contributed by atoms with E-state index in [1.807, 2.05) is 50.5 Å². The first-order valence-corrected chi connectivity index (χ1v) is 10.7. The number of aryl methyl sites for hydroxylation is 1. The number of benzene rings is 1. The van der Waals surface area contributed by atoms with Crippen molar-refractivity contribution in [3.05, 3.63) is 59.3 Å². The number of anilines is 3. The average molecular weight is 438 g/mol. The molecule has 1 aliphatic heterocycles. The topological polar surface area (TPSA) is 88.0 Å². The lowest BCUT2D eigenvalue weighted by Crippen LogP contribution is -2.49. The third kappa shape index (κ3) is 4.15. The first-order chi connectivity index (χ1) is 15.2. The molecule has 0 radical (unpaired) electrons. The molecule has 0 bridgehead atoms. The van der Waals surface area contributed by atoms with E-state index in [0.717, 1.165) is 11.1 Å². The quantitative estimate of drug-likeness (QED) is 0.611. The van der Waals surface area contributed by atoms with Gasteiger partial charge in [0, 0.05) is 25.4 Å². The maximum Gasteiger partial charge on any atom is 0.247 e. The molecular weight excluding hydrogens is 409 g/mol. The van der Waals surface area contributed by atoms with Crippen LogP contribution in [0.15, 0.2) is 36.7 Å². The minimum atomic E-state index is -0.282. The number of nitrogens with one attached hydrogen (secondary N) is 2. The lowest BCUT2D eigenvalue weighted by molar-refractivity contribution is -0.118. The number of hydrogen-bond acceptors (Lipinski definition) is 6. The van der Waals surface area contributed by atoms with Crippen molar-refractivity contribution in [2.75, 3.05) is 22.6 Å². The van der Waals surface area contributed by atoms with Crippen LogP contribution < -0.4 is 15.5 Å². The zero-order valence-electron chi connectivity index (χ0n) is 18.9. The first-order valence-electron chi connectivity index (χ1n) is 10.7. The van der Waals surface area contributed by atoms with Crippen LogP contribution >= 0.6 is 0 Å². The molecule has 2 atom stereocenters. The number of fused-ring (bicyclic) bond motifs is 1. The predicted octanol–water partition coefficient (Wildman–Crippen LogP) is 3.75. The highest BCUT2D eigenvalue weighted by Gasteiger charge is 2.35. The van der Waals surface area contributed by atoms with Gasteiger partial charge in [0.15, 0.2) is 5.82 Å². The van der Waals surface area contributed by atoms with Crippen LogP contribution in [0, 0.1) is 18.7 Å². The zero-order valence-corrected chi connectivity index (χ0v) is 18.9. The predicted molar refractivity (Wildman–Crippen MR) is 122 cm³/mol. The molecule has 4 rings (SSSR count). The molecule has 168 valence electrons. The molecule has 1 amide bonds. The molecule has 9 heteroatoms. The fourth-order valence-electron chi connectivity index (χ4n) is 4.05. The lowest BCUT2D eigenvalue weighted by atomic mass is 9.99. The van der Waals surface area contributed by atoms with E-state index >= 15 is 0 Å². The smallest absolute Gasteiger partial charge is 0.247 e. The second-order valence-electron chi connectivity index (χ2n) is 8.53. The number of hydrogen-bond donors (Lipinski definition) is 2. The van der Waals surface area contributed by atoms with E-state index in [0.29, 0.717) is 29.7 Å². The number of halogens is 1. The molecule has 1 aliphatic rings. The van der Waals surface area contributed by atoms with Gasteiger partial charge in [-0.05, 0) is 37.5 Å². The van der Waals surface area contributed by atoms with E-state index in [9.17, 15) is 9.18 Å². The van der Waals surface area contributed by atoms with Crippen molar-refractivity contribution in [2.24, 2.45) is 5.92 Å². The normalized spacial score (nSPS) is 16.7. The standard InChI is InChI=1S/C23H28FN7O/c1-13(2)20-22(32)28-19-14(3)27-23(29-21(19)30(20)5)25-10-16-11-26-31(12-16)15(4)17-6-8-18(24)9-7-17/h6-9,11-13,15,20H,10H2,1-5H3,(H,28,32)(H,25,27,29)/t15-,20+/m1/s1. The summed E-state index contributed by atoms with van der Waals surface area (Å²) >= 11 is 0. The maximum absolute atomic E-state index is 13.2. The molecular formula is C23H28FN7O. The Labute approximate surface area is 186 Å². The van der Waals surface area contributed by atoms with Crippen molar-refractivity contribution in [1.82, 2.24) is 19.7 Å². The summed E-state index contributed by atoms with van der Waals surface area (Å²) in [4.78, 5) is 23.6. The van der Waals surface area contributed by atoms with Gasteiger partial charge < -0.3 is 15.5 Å². The van der Waals surface area contributed by atoms with Gasteiger partial charge in [-0.3, -0.25) is 9.48 Å². The Balaban J connectivity index is 1.49. The average Bonchev–Trinajstić information content (AvgIpc) is 3.22. The van der Waals surface area contributed by atoms with E-state index in [-0.39, 0.29) is 29.7 Å². The summed E-state index contributed by atoms with van der Waals surface area (Å²) in [6.07, 6.45) is 3.74. The number of amides is 1. The van der Waals surface area contributed by atoms with E-state index in [1.54, 1.807) is 18.3 Å². The highest BCUT2D eigenvalue weighted by atomic mass is 19.1. The van der Waals surface area contributed by atoms with Crippen LogP contribution in [0.5, 0.6) is 0 Å². The zero-order chi connectivity index (χ0) is 23.0. The molecule has 0 aliphatic carbocycles. The fourth-order valence-corrected chi connectivity index (χ4v) is 4.05. The molecule has 0 saturated heterocycles. The number of carbonyl (C=O) groups excluding carboxylic acids is 1. The summed E-state index contributed by atoms with van der Waals surface area (Å²) in [6, 6.07) is 6.15. The number of aromatic nitrogens is 4. The Hall–Kier alpha value is -3.49. The minimum absolute atomic E-state index is 0.0168. The van der Waals surface area contributed by atoms with Crippen LogP contribution in [0.25, 0.3) is 0 Å². The van der Waals surface area contributed by atoms with Crippen molar-refractivity contribution in [3.63, 3.8) is 0 Å². The van der Waals surface area contributed by atoms with Crippen molar-refractivity contribution in [2.45, 2.75) is 46.3 Å². The summed E-state index contributed by atoms with van der Waals surface area (Å²) in [7, 11) is 1.89. The first kappa shape index (κ1) is 21.7. The van der Waals surface area contributed by atoms with Gasteiger partial charge in [0.1, 0.15) is 17.5 Å². The van der Waals surface area contributed by atoms with E-state index in [1.165, 1.54) is 12.1 Å². The van der Waals surface area contributed by atoms with Crippen LogP contribution in [-0.4, -0.2) is 38.7 Å². The Bertz CT molecular complexity index is 1130. The van der Waals surface area contributed by atoms with Crippen LogP contribution in [0.1, 0.15) is 43.6 Å². The van der Waals surface area contributed by atoms with Crippen molar-refractivity contribution in [3.8, 4) is 0 Å². The largest absolute Gasteiger partial charge is 0.350 e. The molecule has 3 heterocycles.